The van der Waals surface area contributed by atoms with Crippen LogP contribution in [-0.4, -0.2) is 6.61 Å². The summed E-state index contributed by atoms with van der Waals surface area (Å²) in [6.07, 6.45) is 6.75. The molecule has 9 heavy (non-hydrogen) atoms. The van der Waals surface area contributed by atoms with Crippen molar-refractivity contribution in [3.8, 4) is 12.3 Å². The Hall–Kier alpha value is -0.320. The van der Waals surface area contributed by atoms with Gasteiger partial charge in [-0.3, -0.25) is 0 Å². The highest BCUT2D eigenvalue weighted by molar-refractivity contribution is 6.55. The van der Waals surface area contributed by atoms with Gasteiger partial charge >= 0.3 is 0 Å². The fourth-order valence-electron chi connectivity index (χ4n) is 0.240. The molecule has 0 atom stereocenters. The summed E-state index contributed by atoms with van der Waals surface area (Å²) in [4.78, 5) is 0. The van der Waals surface area contributed by atoms with Crippen molar-refractivity contribution in [3.63, 3.8) is 0 Å². The van der Waals surface area contributed by atoms with Crippen molar-refractivity contribution in [3.05, 3.63) is 10.8 Å². The Morgan fingerprint density at radius 1 is 1.67 bits per heavy atom. The fraction of sp³-hybridized carbons (Fsp3) is 0.333. The van der Waals surface area contributed by atoms with E-state index in [0.29, 0.717) is 13.0 Å². The van der Waals surface area contributed by atoms with E-state index in [1.165, 1.54) is 6.26 Å². The molecule has 0 rings (SSSR count). The zero-order chi connectivity index (χ0) is 7.11. The van der Waals surface area contributed by atoms with Gasteiger partial charge in [0.1, 0.15) is 10.8 Å². The van der Waals surface area contributed by atoms with Crippen molar-refractivity contribution >= 4 is 23.2 Å². The molecular formula is C6H6Cl2O. The molecule has 0 saturated carbocycles. The van der Waals surface area contributed by atoms with Crippen molar-refractivity contribution in [2.45, 2.75) is 6.42 Å². The van der Waals surface area contributed by atoms with Crippen molar-refractivity contribution in [1.29, 1.82) is 0 Å². The summed E-state index contributed by atoms with van der Waals surface area (Å²) in [6.45, 7) is 0.458. The van der Waals surface area contributed by atoms with Gasteiger partial charge in [0.25, 0.3) is 0 Å². The Balaban J connectivity index is 3.12. The Labute approximate surface area is 64.6 Å². The first-order valence-electron chi connectivity index (χ1n) is 2.33. The SMILES string of the molecule is C#CCCOC=C(Cl)Cl. The molecule has 0 saturated heterocycles. The average molecular weight is 165 g/mol. The van der Waals surface area contributed by atoms with E-state index in [1.54, 1.807) is 0 Å². The summed E-state index contributed by atoms with van der Waals surface area (Å²) in [5.74, 6) is 2.40. The maximum absolute atomic E-state index is 5.21. The average Bonchev–Trinajstić information content (AvgIpc) is 1.80. The molecule has 0 aliphatic carbocycles. The lowest BCUT2D eigenvalue weighted by Gasteiger charge is -1.93. The second-order valence-electron chi connectivity index (χ2n) is 1.23. The van der Waals surface area contributed by atoms with E-state index in [-0.39, 0.29) is 4.49 Å². The number of hydrogen-bond acceptors (Lipinski definition) is 1. The molecule has 0 radical (unpaired) electrons. The van der Waals surface area contributed by atoms with Crippen LogP contribution in [0.1, 0.15) is 6.42 Å². The molecule has 0 aliphatic heterocycles. The molecule has 0 N–H and O–H groups in total. The Morgan fingerprint density at radius 2 is 2.33 bits per heavy atom. The second-order valence-corrected chi connectivity index (χ2v) is 2.24. The molecule has 3 heteroatoms. The quantitative estimate of drug-likeness (QED) is 0.354. The molecule has 0 fully saturated rings. The van der Waals surface area contributed by atoms with Crippen LogP contribution in [0.2, 0.25) is 0 Å². The molecule has 0 bridgehead atoms. The molecule has 0 aliphatic rings. The van der Waals surface area contributed by atoms with E-state index >= 15 is 0 Å². The second kappa shape index (κ2) is 5.81. The van der Waals surface area contributed by atoms with Crippen LogP contribution in [-0.2, 0) is 4.74 Å². The lowest BCUT2D eigenvalue weighted by atomic mass is 10.5. The monoisotopic (exact) mass is 164 g/mol. The van der Waals surface area contributed by atoms with Gasteiger partial charge < -0.3 is 4.74 Å². The first kappa shape index (κ1) is 8.68. The van der Waals surface area contributed by atoms with E-state index in [2.05, 4.69) is 5.92 Å². The molecule has 0 aromatic rings. The highest BCUT2D eigenvalue weighted by Crippen LogP contribution is 2.05. The van der Waals surface area contributed by atoms with E-state index in [1.807, 2.05) is 0 Å². The summed E-state index contributed by atoms with van der Waals surface area (Å²) >= 11 is 10.4. The van der Waals surface area contributed by atoms with Crippen LogP contribution in [0.3, 0.4) is 0 Å². The van der Waals surface area contributed by atoms with Gasteiger partial charge in [-0.2, -0.15) is 0 Å². The van der Waals surface area contributed by atoms with Crippen LogP contribution in [0, 0.1) is 12.3 Å². The van der Waals surface area contributed by atoms with Gasteiger partial charge in [0.2, 0.25) is 0 Å². The standard InChI is InChI=1S/C6H6Cl2O/c1-2-3-4-9-5-6(7)8/h1,5H,3-4H2. The summed E-state index contributed by atoms with van der Waals surface area (Å²) in [7, 11) is 0. The third-order valence-electron chi connectivity index (χ3n) is 0.537. The molecule has 0 unspecified atom stereocenters. The minimum atomic E-state index is 0.104. The highest BCUT2D eigenvalue weighted by atomic mass is 35.5. The first-order valence-corrected chi connectivity index (χ1v) is 3.09. The number of terminal acetylenes is 1. The van der Waals surface area contributed by atoms with Gasteiger partial charge in [-0.05, 0) is 0 Å². The van der Waals surface area contributed by atoms with Crippen molar-refractivity contribution < 1.29 is 4.74 Å². The molecular weight excluding hydrogens is 159 g/mol. The summed E-state index contributed by atoms with van der Waals surface area (Å²) < 4.78 is 4.87. The minimum Gasteiger partial charge on any atom is -0.498 e. The van der Waals surface area contributed by atoms with Crippen LogP contribution < -0.4 is 0 Å². The van der Waals surface area contributed by atoms with Crippen molar-refractivity contribution in [2.24, 2.45) is 0 Å². The lowest BCUT2D eigenvalue weighted by Crippen LogP contribution is -1.83. The van der Waals surface area contributed by atoms with Crippen molar-refractivity contribution in [1.82, 2.24) is 0 Å². The number of hydrogen-bond donors (Lipinski definition) is 0. The van der Waals surface area contributed by atoms with E-state index in [9.17, 15) is 0 Å². The zero-order valence-corrected chi connectivity index (χ0v) is 6.24. The highest BCUT2D eigenvalue weighted by Gasteiger charge is 1.81. The number of ether oxygens (including phenoxy) is 1. The smallest absolute Gasteiger partial charge is 0.141 e. The Morgan fingerprint density at radius 3 is 2.78 bits per heavy atom. The van der Waals surface area contributed by atoms with Crippen LogP contribution in [0.4, 0.5) is 0 Å². The van der Waals surface area contributed by atoms with E-state index in [4.69, 9.17) is 34.4 Å². The molecule has 0 aromatic carbocycles. The maximum Gasteiger partial charge on any atom is 0.141 e. The van der Waals surface area contributed by atoms with Crippen LogP contribution in [0.15, 0.2) is 10.8 Å². The van der Waals surface area contributed by atoms with Crippen LogP contribution >= 0.6 is 23.2 Å². The number of rotatable bonds is 3. The molecule has 0 amide bonds. The van der Waals surface area contributed by atoms with Gasteiger partial charge in [-0.1, -0.05) is 23.2 Å². The van der Waals surface area contributed by atoms with Gasteiger partial charge in [0.05, 0.1) is 6.61 Å². The van der Waals surface area contributed by atoms with Crippen LogP contribution in [0.25, 0.3) is 0 Å². The molecule has 0 spiro atoms. The Bertz CT molecular complexity index is 130. The number of halogens is 2. The maximum atomic E-state index is 5.21. The summed E-state index contributed by atoms with van der Waals surface area (Å²) in [5, 5.41) is 0. The third-order valence-corrected chi connectivity index (χ3v) is 0.715. The van der Waals surface area contributed by atoms with Gasteiger partial charge in [0.15, 0.2) is 0 Å². The fourth-order valence-corrected chi connectivity index (χ4v) is 0.366. The third kappa shape index (κ3) is 7.68. The molecule has 0 heterocycles. The van der Waals surface area contributed by atoms with Gasteiger partial charge in [-0.25, -0.2) is 0 Å². The van der Waals surface area contributed by atoms with E-state index in [0.717, 1.165) is 0 Å². The normalized spacial score (nSPS) is 7.67. The minimum absolute atomic E-state index is 0.104. The first-order chi connectivity index (χ1) is 4.27. The molecule has 1 nitrogen and oxygen atoms in total. The summed E-state index contributed by atoms with van der Waals surface area (Å²) in [5.41, 5.74) is 0. The van der Waals surface area contributed by atoms with Gasteiger partial charge in [-0.15, -0.1) is 12.3 Å². The van der Waals surface area contributed by atoms with Crippen molar-refractivity contribution in [2.75, 3.05) is 6.61 Å². The molecule has 50 valence electrons. The van der Waals surface area contributed by atoms with E-state index < -0.39 is 0 Å². The Kier molecular flexibility index (Phi) is 5.60. The van der Waals surface area contributed by atoms with Crippen LogP contribution in [0.5, 0.6) is 0 Å². The summed E-state index contributed by atoms with van der Waals surface area (Å²) in [6, 6.07) is 0. The predicted octanol–water partition coefficient (Wildman–Crippen LogP) is 2.30. The lowest BCUT2D eigenvalue weighted by molar-refractivity contribution is 0.258. The zero-order valence-electron chi connectivity index (χ0n) is 4.73. The largest absolute Gasteiger partial charge is 0.498 e. The molecule has 0 aromatic heterocycles. The topological polar surface area (TPSA) is 9.23 Å². The predicted molar refractivity (Wildman–Crippen MR) is 39.2 cm³/mol. The van der Waals surface area contributed by atoms with Gasteiger partial charge in [0, 0.05) is 6.42 Å².